The second-order valence-electron chi connectivity index (χ2n) is 3.78. The van der Waals surface area contributed by atoms with Gasteiger partial charge in [0.2, 0.25) is 0 Å². The quantitative estimate of drug-likeness (QED) is 0.834. The third kappa shape index (κ3) is 6.06. The Bertz CT molecular complexity index is 514. The van der Waals surface area contributed by atoms with Crippen LogP contribution < -0.4 is 5.73 Å². The summed E-state index contributed by atoms with van der Waals surface area (Å²) in [4.78, 5) is 3.88. The van der Waals surface area contributed by atoms with E-state index in [9.17, 15) is 5.11 Å². The van der Waals surface area contributed by atoms with Gasteiger partial charge in [-0.3, -0.25) is 5.73 Å². The first-order chi connectivity index (χ1) is 9.99. The van der Waals surface area contributed by atoms with Gasteiger partial charge in [0, 0.05) is 28.0 Å². The zero-order chi connectivity index (χ0) is 16.5. The maximum atomic E-state index is 10.2. The number of nitrogens with two attached hydrogens (primary N) is 1. The number of halogens is 2. The topological polar surface area (TPSA) is 64.1 Å². The predicted molar refractivity (Wildman–Crippen MR) is 89.5 cm³/mol. The molecule has 0 aliphatic carbocycles. The van der Waals surface area contributed by atoms with Gasteiger partial charge in [0.1, 0.15) is 0 Å². The standard InChI is InChI=1S/C11H11Cl2N3O.2C2H6/c12-8-1-2-9(10(13)5-8)11(14,17)6-16-4-3-15-7-16;2*1-2/h1-5,7,17H,6,14H2;2*1-2H3. The molecule has 118 valence electrons. The fraction of sp³-hybridized carbons (Fsp3) is 0.400. The summed E-state index contributed by atoms with van der Waals surface area (Å²) in [7, 11) is 0. The van der Waals surface area contributed by atoms with Gasteiger partial charge < -0.3 is 9.67 Å². The van der Waals surface area contributed by atoms with Crippen LogP contribution >= 0.6 is 23.2 Å². The third-order valence-electron chi connectivity index (χ3n) is 2.38. The van der Waals surface area contributed by atoms with Crippen molar-refractivity contribution in [3.05, 3.63) is 52.5 Å². The summed E-state index contributed by atoms with van der Waals surface area (Å²) in [5.74, 6) is 0. The molecule has 2 aromatic rings. The molecule has 6 heteroatoms. The fourth-order valence-electron chi connectivity index (χ4n) is 1.58. The molecule has 3 N–H and O–H groups in total. The molecule has 0 amide bonds. The molecule has 0 spiro atoms. The van der Waals surface area contributed by atoms with E-state index in [1.165, 1.54) is 0 Å². The van der Waals surface area contributed by atoms with Crippen LogP contribution in [0.3, 0.4) is 0 Å². The van der Waals surface area contributed by atoms with E-state index >= 15 is 0 Å². The predicted octanol–water partition coefficient (Wildman–Crippen LogP) is 4.05. The first kappa shape index (κ1) is 19.9. The van der Waals surface area contributed by atoms with Crippen LogP contribution in [-0.2, 0) is 12.3 Å². The normalized spacial score (nSPS) is 12.4. The van der Waals surface area contributed by atoms with Gasteiger partial charge in [0.05, 0.1) is 12.9 Å². The summed E-state index contributed by atoms with van der Waals surface area (Å²) < 4.78 is 1.67. The lowest BCUT2D eigenvalue weighted by Crippen LogP contribution is -2.40. The van der Waals surface area contributed by atoms with Gasteiger partial charge >= 0.3 is 0 Å². The lowest BCUT2D eigenvalue weighted by molar-refractivity contribution is 0.0251. The Labute approximate surface area is 136 Å². The largest absolute Gasteiger partial charge is 0.370 e. The average Bonchev–Trinajstić information content (AvgIpc) is 2.95. The second-order valence-corrected chi connectivity index (χ2v) is 4.63. The molecule has 1 aromatic heterocycles. The van der Waals surface area contributed by atoms with Crippen molar-refractivity contribution in [3.63, 3.8) is 0 Å². The molecule has 0 bridgehead atoms. The number of hydrogen-bond donors (Lipinski definition) is 2. The third-order valence-corrected chi connectivity index (χ3v) is 2.93. The molecule has 0 saturated carbocycles. The van der Waals surface area contributed by atoms with Gasteiger partial charge in [-0.2, -0.15) is 0 Å². The van der Waals surface area contributed by atoms with E-state index < -0.39 is 5.72 Å². The molecular weight excluding hydrogens is 309 g/mol. The number of imidazole rings is 1. The molecule has 2 rings (SSSR count). The van der Waals surface area contributed by atoms with Gasteiger partial charge in [-0.25, -0.2) is 4.98 Å². The summed E-state index contributed by atoms with van der Waals surface area (Å²) in [6.07, 6.45) is 4.89. The number of aliphatic hydroxyl groups is 1. The van der Waals surface area contributed by atoms with E-state index in [0.717, 1.165) is 0 Å². The van der Waals surface area contributed by atoms with Crippen LogP contribution in [0.2, 0.25) is 10.0 Å². The van der Waals surface area contributed by atoms with Crippen molar-refractivity contribution in [3.8, 4) is 0 Å². The smallest absolute Gasteiger partial charge is 0.159 e. The maximum absolute atomic E-state index is 10.2. The molecule has 0 saturated heterocycles. The molecule has 1 aromatic carbocycles. The van der Waals surface area contributed by atoms with Crippen molar-refractivity contribution >= 4 is 23.2 Å². The van der Waals surface area contributed by atoms with E-state index in [4.69, 9.17) is 28.9 Å². The zero-order valence-corrected chi connectivity index (χ0v) is 14.4. The first-order valence-corrected chi connectivity index (χ1v) is 7.67. The van der Waals surface area contributed by atoms with Crippen molar-refractivity contribution in [1.82, 2.24) is 9.55 Å². The van der Waals surface area contributed by atoms with E-state index in [0.29, 0.717) is 15.6 Å². The van der Waals surface area contributed by atoms with E-state index in [1.807, 2.05) is 27.7 Å². The second kappa shape index (κ2) is 9.79. The average molecular weight is 332 g/mol. The van der Waals surface area contributed by atoms with E-state index in [-0.39, 0.29) is 6.54 Å². The Kier molecular flexibility index (Phi) is 9.29. The molecule has 1 atom stereocenters. The molecule has 0 fully saturated rings. The number of aromatic nitrogens is 2. The van der Waals surface area contributed by atoms with Crippen LogP contribution in [0.1, 0.15) is 33.3 Å². The van der Waals surface area contributed by atoms with Crippen LogP contribution in [-0.4, -0.2) is 14.7 Å². The maximum Gasteiger partial charge on any atom is 0.159 e. The minimum absolute atomic E-state index is 0.161. The SMILES string of the molecule is CC.CC.NC(O)(Cn1ccnc1)c1ccc(Cl)cc1Cl. The molecule has 0 aliphatic heterocycles. The van der Waals surface area contributed by atoms with Gasteiger partial charge in [-0.15, -0.1) is 0 Å². The molecule has 21 heavy (non-hydrogen) atoms. The monoisotopic (exact) mass is 331 g/mol. The van der Waals surface area contributed by atoms with Crippen molar-refractivity contribution in [2.45, 2.75) is 40.0 Å². The van der Waals surface area contributed by atoms with Crippen LogP contribution in [0.4, 0.5) is 0 Å². The highest BCUT2D eigenvalue weighted by Crippen LogP contribution is 2.28. The van der Waals surface area contributed by atoms with Crippen molar-refractivity contribution < 1.29 is 5.11 Å². The van der Waals surface area contributed by atoms with Crippen LogP contribution in [0, 0.1) is 0 Å². The number of nitrogens with zero attached hydrogens (tertiary/aromatic N) is 2. The molecule has 4 nitrogen and oxygen atoms in total. The Balaban J connectivity index is 0.000000921. The van der Waals surface area contributed by atoms with Gasteiger partial charge in [-0.1, -0.05) is 57.0 Å². The molecule has 1 unspecified atom stereocenters. The summed E-state index contributed by atoms with van der Waals surface area (Å²) in [5.41, 5.74) is 4.72. The van der Waals surface area contributed by atoms with Crippen molar-refractivity contribution in [2.24, 2.45) is 5.73 Å². The summed E-state index contributed by atoms with van der Waals surface area (Å²) in [6, 6.07) is 4.79. The number of benzene rings is 1. The highest BCUT2D eigenvalue weighted by atomic mass is 35.5. The van der Waals surface area contributed by atoms with Crippen molar-refractivity contribution in [1.29, 1.82) is 0 Å². The minimum atomic E-state index is -1.57. The molecule has 0 aliphatic rings. The minimum Gasteiger partial charge on any atom is -0.370 e. The summed E-state index contributed by atoms with van der Waals surface area (Å²) in [6.45, 7) is 8.16. The van der Waals surface area contributed by atoms with Crippen LogP contribution in [0.5, 0.6) is 0 Å². The van der Waals surface area contributed by atoms with Gasteiger partial charge in [0.25, 0.3) is 0 Å². The molecular formula is C15H23Cl2N3O. The van der Waals surface area contributed by atoms with Crippen LogP contribution in [0.15, 0.2) is 36.9 Å². The Morgan fingerprint density at radius 2 is 1.86 bits per heavy atom. The highest BCUT2D eigenvalue weighted by Gasteiger charge is 2.27. The lowest BCUT2D eigenvalue weighted by atomic mass is 10.0. The van der Waals surface area contributed by atoms with Gasteiger partial charge in [-0.05, 0) is 12.1 Å². The van der Waals surface area contributed by atoms with E-state index in [1.54, 1.807) is 41.5 Å². The van der Waals surface area contributed by atoms with Crippen LogP contribution in [0.25, 0.3) is 0 Å². The Hall–Kier alpha value is -1.07. The Morgan fingerprint density at radius 3 is 2.33 bits per heavy atom. The lowest BCUT2D eigenvalue weighted by Gasteiger charge is -2.25. The number of rotatable bonds is 3. The fourth-order valence-corrected chi connectivity index (χ4v) is 2.16. The molecule has 1 heterocycles. The van der Waals surface area contributed by atoms with Crippen molar-refractivity contribution in [2.75, 3.05) is 0 Å². The zero-order valence-electron chi connectivity index (χ0n) is 12.8. The number of hydrogen-bond acceptors (Lipinski definition) is 3. The summed E-state index contributed by atoms with van der Waals surface area (Å²) >= 11 is 11.8. The first-order valence-electron chi connectivity index (χ1n) is 6.91. The highest BCUT2D eigenvalue weighted by molar-refractivity contribution is 6.35. The van der Waals surface area contributed by atoms with Gasteiger partial charge in [0.15, 0.2) is 5.72 Å². The Morgan fingerprint density at radius 1 is 1.24 bits per heavy atom. The molecule has 0 radical (unpaired) electrons. The summed E-state index contributed by atoms with van der Waals surface area (Å²) in [5, 5.41) is 11.1. The van der Waals surface area contributed by atoms with E-state index in [2.05, 4.69) is 4.98 Å².